The number of pyridine rings is 1. The summed E-state index contributed by atoms with van der Waals surface area (Å²) in [5, 5.41) is 0. The molecule has 1 aromatic rings. The van der Waals surface area contributed by atoms with Crippen molar-refractivity contribution >= 4 is 0 Å². The van der Waals surface area contributed by atoms with Crippen LogP contribution in [0.3, 0.4) is 0 Å². The fourth-order valence-electron chi connectivity index (χ4n) is 5.13. The highest BCUT2D eigenvalue weighted by molar-refractivity contribution is 5.16. The lowest BCUT2D eigenvalue weighted by molar-refractivity contribution is -0.141. The number of hydrogen-bond donors (Lipinski definition) is 0. The van der Waals surface area contributed by atoms with Crippen molar-refractivity contribution in [1.82, 2.24) is 4.98 Å². The number of aryl methyl sites for hydroxylation is 1. The minimum atomic E-state index is -4.34. The van der Waals surface area contributed by atoms with Crippen molar-refractivity contribution in [3.63, 3.8) is 0 Å². The van der Waals surface area contributed by atoms with Gasteiger partial charge in [0.05, 0.1) is 0 Å². The molecule has 1 heterocycles. The second-order valence-electron chi connectivity index (χ2n) is 8.56. The summed E-state index contributed by atoms with van der Waals surface area (Å²) in [5.74, 6) is 3.59. The molecule has 0 aromatic carbocycles. The monoisotopic (exact) mass is 367 g/mol. The summed E-state index contributed by atoms with van der Waals surface area (Å²) >= 11 is 0. The molecule has 0 aliphatic heterocycles. The molecular formula is C22H32F3N. The van der Waals surface area contributed by atoms with E-state index in [1.807, 2.05) is 0 Å². The van der Waals surface area contributed by atoms with Crippen molar-refractivity contribution in [1.29, 1.82) is 0 Å². The Kier molecular flexibility index (Phi) is 6.63. The lowest BCUT2D eigenvalue weighted by atomic mass is 9.68. The van der Waals surface area contributed by atoms with E-state index >= 15 is 0 Å². The van der Waals surface area contributed by atoms with Gasteiger partial charge in [-0.15, -0.1) is 0 Å². The highest BCUT2D eigenvalue weighted by Gasteiger charge is 2.32. The van der Waals surface area contributed by atoms with E-state index in [0.29, 0.717) is 0 Å². The van der Waals surface area contributed by atoms with E-state index in [2.05, 4.69) is 11.9 Å². The average molecular weight is 367 g/mol. The lowest BCUT2D eigenvalue weighted by Crippen LogP contribution is -2.25. The molecule has 0 atom stereocenters. The summed E-state index contributed by atoms with van der Waals surface area (Å²) in [6, 6.07) is 2.70. The maximum atomic E-state index is 12.6. The summed E-state index contributed by atoms with van der Waals surface area (Å²) < 4.78 is 37.7. The van der Waals surface area contributed by atoms with Gasteiger partial charge in [-0.3, -0.25) is 4.98 Å². The Balaban J connectivity index is 1.39. The molecule has 2 aliphatic carbocycles. The van der Waals surface area contributed by atoms with Crippen molar-refractivity contribution in [3.8, 4) is 0 Å². The van der Waals surface area contributed by atoms with Crippen LogP contribution in [-0.4, -0.2) is 4.98 Å². The summed E-state index contributed by atoms with van der Waals surface area (Å²) in [6.45, 7) is 2.32. The fourth-order valence-corrected chi connectivity index (χ4v) is 5.13. The van der Waals surface area contributed by atoms with Crippen molar-refractivity contribution in [2.45, 2.75) is 83.7 Å². The summed E-state index contributed by atoms with van der Waals surface area (Å²) in [5.41, 5.74) is 0.137. The standard InChI is InChI=1S/C22H32F3N/c1-2-16-5-10-19(11-6-16)20-12-7-17(8-13-20)3-4-18-9-14-21(26-15-18)22(23,24)25/h9,14-17,19-20H,2-8,10-13H2,1H3. The molecule has 1 nitrogen and oxygen atoms in total. The zero-order chi connectivity index (χ0) is 18.6. The molecule has 2 aliphatic rings. The first-order valence-corrected chi connectivity index (χ1v) is 10.5. The van der Waals surface area contributed by atoms with Crippen molar-refractivity contribution in [2.75, 3.05) is 0 Å². The van der Waals surface area contributed by atoms with Crippen LogP contribution < -0.4 is 0 Å². The number of hydrogen-bond acceptors (Lipinski definition) is 1. The average Bonchev–Trinajstić information content (AvgIpc) is 2.66. The number of aromatic nitrogens is 1. The predicted octanol–water partition coefficient (Wildman–Crippen LogP) is 7.06. The van der Waals surface area contributed by atoms with E-state index in [-0.39, 0.29) is 0 Å². The van der Waals surface area contributed by atoms with Gasteiger partial charge in [0.15, 0.2) is 0 Å². The highest BCUT2D eigenvalue weighted by atomic mass is 19.4. The molecule has 2 saturated carbocycles. The normalized spacial score (nSPS) is 30.3. The highest BCUT2D eigenvalue weighted by Crippen LogP contribution is 2.42. The first-order chi connectivity index (χ1) is 12.5. The van der Waals surface area contributed by atoms with Crippen molar-refractivity contribution < 1.29 is 13.2 Å². The molecule has 26 heavy (non-hydrogen) atoms. The second-order valence-corrected chi connectivity index (χ2v) is 8.56. The first kappa shape index (κ1) is 19.7. The molecular weight excluding hydrogens is 335 g/mol. The summed E-state index contributed by atoms with van der Waals surface area (Å²) in [7, 11) is 0. The number of alkyl halides is 3. The van der Waals surface area contributed by atoms with Crippen LogP contribution in [0.2, 0.25) is 0 Å². The van der Waals surface area contributed by atoms with Crippen LogP contribution in [-0.2, 0) is 12.6 Å². The van der Waals surface area contributed by atoms with Gasteiger partial charge in [-0.1, -0.05) is 45.1 Å². The van der Waals surface area contributed by atoms with Crippen molar-refractivity contribution in [2.24, 2.45) is 23.7 Å². The summed E-state index contributed by atoms with van der Waals surface area (Å²) in [6.07, 6.45) is 11.4. The third kappa shape index (κ3) is 5.23. The molecule has 0 N–H and O–H groups in total. The third-order valence-corrected chi connectivity index (χ3v) is 6.98. The van der Waals surface area contributed by atoms with Crippen LogP contribution in [0, 0.1) is 23.7 Å². The molecule has 0 amide bonds. The summed E-state index contributed by atoms with van der Waals surface area (Å²) in [4.78, 5) is 3.58. The van der Waals surface area contributed by atoms with Crippen LogP contribution in [0.5, 0.6) is 0 Å². The Hall–Kier alpha value is -1.06. The van der Waals surface area contributed by atoms with Crippen LogP contribution in [0.25, 0.3) is 0 Å². The topological polar surface area (TPSA) is 12.9 Å². The van der Waals surface area contributed by atoms with Gasteiger partial charge in [-0.25, -0.2) is 0 Å². The lowest BCUT2D eigenvalue weighted by Gasteiger charge is -2.37. The zero-order valence-corrected chi connectivity index (χ0v) is 15.9. The van der Waals surface area contributed by atoms with Crippen molar-refractivity contribution in [3.05, 3.63) is 29.6 Å². The quantitative estimate of drug-likeness (QED) is 0.543. The number of rotatable bonds is 5. The Morgan fingerprint density at radius 3 is 1.92 bits per heavy atom. The Bertz CT molecular complexity index is 536. The molecule has 0 saturated heterocycles. The van der Waals surface area contributed by atoms with Gasteiger partial charge < -0.3 is 0 Å². The number of nitrogens with zero attached hydrogens (tertiary/aromatic N) is 1. The maximum Gasteiger partial charge on any atom is 0.433 e. The molecule has 0 unspecified atom stereocenters. The fraction of sp³-hybridized carbons (Fsp3) is 0.773. The van der Waals surface area contributed by atoms with Gasteiger partial charge >= 0.3 is 6.18 Å². The molecule has 146 valence electrons. The van der Waals surface area contributed by atoms with Gasteiger partial charge in [-0.05, 0) is 73.8 Å². The zero-order valence-electron chi connectivity index (χ0n) is 15.9. The van der Waals surface area contributed by atoms with Crippen LogP contribution in [0.1, 0.15) is 82.4 Å². The Labute approximate surface area is 155 Å². The Morgan fingerprint density at radius 1 is 0.885 bits per heavy atom. The smallest absolute Gasteiger partial charge is 0.252 e. The molecule has 2 fully saturated rings. The van der Waals surface area contributed by atoms with Gasteiger partial charge in [-0.2, -0.15) is 13.2 Å². The van der Waals surface area contributed by atoms with E-state index in [4.69, 9.17) is 0 Å². The van der Waals surface area contributed by atoms with E-state index < -0.39 is 11.9 Å². The SMILES string of the molecule is CCC1CCC(C2CCC(CCc3ccc(C(F)(F)F)nc3)CC2)CC1. The van der Waals surface area contributed by atoms with Gasteiger partial charge in [0.2, 0.25) is 0 Å². The van der Waals surface area contributed by atoms with Crippen LogP contribution >= 0.6 is 0 Å². The molecule has 0 spiro atoms. The maximum absolute atomic E-state index is 12.6. The largest absolute Gasteiger partial charge is 0.433 e. The second kappa shape index (κ2) is 8.75. The Morgan fingerprint density at radius 2 is 1.46 bits per heavy atom. The van der Waals surface area contributed by atoms with Crippen LogP contribution in [0.4, 0.5) is 13.2 Å². The van der Waals surface area contributed by atoms with Gasteiger partial charge in [0.25, 0.3) is 0 Å². The molecule has 1 aromatic heterocycles. The van der Waals surface area contributed by atoms with E-state index in [1.54, 1.807) is 6.07 Å². The third-order valence-electron chi connectivity index (χ3n) is 6.98. The number of halogens is 3. The first-order valence-electron chi connectivity index (χ1n) is 10.5. The molecule has 3 rings (SSSR count). The van der Waals surface area contributed by atoms with E-state index in [0.717, 1.165) is 48.1 Å². The van der Waals surface area contributed by atoms with Gasteiger partial charge in [0.1, 0.15) is 5.69 Å². The molecule has 0 bridgehead atoms. The van der Waals surface area contributed by atoms with Crippen LogP contribution in [0.15, 0.2) is 18.3 Å². The van der Waals surface area contributed by atoms with Gasteiger partial charge in [0, 0.05) is 6.20 Å². The van der Waals surface area contributed by atoms with E-state index in [9.17, 15) is 13.2 Å². The van der Waals surface area contributed by atoms with E-state index in [1.165, 1.54) is 64.0 Å². The minimum absolute atomic E-state index is 0.737. The minimum Gasteiger partial charge on any atom is -0.252 e. The predicted molar refractivity (Wildman–Crippen MR) is 98.7 cm³/mol. The molecule has 4 heteroatoms. The molecule has 0 radical (unpaired) electrons.